The van der Waals surface area contributed by atoms with E-state index < -0.39 is 18.1 Å². The maximum Gasteiger partial charge on any atom is 0.204 e. The number of hydrogen-bond donors (Lipinski definition) is 4. The van der Waals surface area contributed by atoms with Crippen molar-refractivity contribution in [2.24, 2.45) is 0 Å². The van der Waals surface area contributed by atoms with Gasteiger partial charge in [0.05, 0.1) is 18.0 Å². The standard InChI is InChI=1S/C10H11NO4/c12-5-7-9(14)10(15)8(13)6-3-1-2-4-11(6)7/h1-3,12-15H,4-5H2. The van der Waals surface area contributed by atoms with Crippen LogP contribution in [0, 0.1) is 0 Å². The largest absolute Gasteiger partial charge is 0.503 e. The Labute approximate surface area is 86.2 Å². The molecule has 15 heavy (non-hydrogen) atoms. The molecule has 5 nitrogen and oxygen atoms in total. The van der Waals surface area contributed by atoms with Gasteiger partial charge in [-0.2, -0.15) is 0 Å². The molecule has 0 saturated carbocycles. The summed E-state index contributed by atoms with van der Waals surface area (Å²) in [5, 5.41) is 37.6. The topological polar surface area (TPSA) is 84.2 Å². The molecule has 80 valence electrons. The highest BCUT2D eigenvalue weighted by atomic mass is 16.3. The molecular weight excluding hydrogens is 198 g/mol. The normalized spacial score (nSPS) is 20.6. The molecule has 0 aromatic heterocycles. The molecule has 0 radical (unpaired) electrons. The first-order chi connectivity index (χ1) is 7.16. The van der Waals surface area contributed by atoms with Crippen LogP contribution in [0.5, 0.6) is 0 Å². The van der Waals surface area contributed by atoms with Crippen LogP contribution < -0.4 is 0 Å². The SMILES string of the molecule is OCC1=C(O)C(O)=C(O)C2=CC=CCN21. The zero-order valence-electron chi connectivity index (χ0n) is 7.88. The third kappa shape index (κ3) is 1.28. The highest BCUT2D eigenvalue weighted by Crippen LogP contribution is 2.31. The van der Waals surface area contributed by atoms with Gasteiger partial charge in [-0.05, 0) is 6.08 Å². The second kappa shape index (κ2) is 3.36. The molecular formula is C10H11NO4. The summed E-state index contributed by atoms with van der Waals surface area (Å²) in [7, 11) is 0. The average Bonchev–Trinajstić information content (AvgIpc) is 2.27. The summed E-state index contributed by atoms with van der Waals surface area (Å²) in [6.45, 7) is 0.0253. The molecule has 0 unspecified atom stereocenters. The second-order valence-electron chi connectivity index (χ2n) is 3.24. The van der Waals surface area contributed by atoms with Crippen LogP contribution in [-0.4, -0.2) is 38.5 Å². The molecule has 2 rings (SSSR count). The minimum Gasteiger partial charge on any atom is -0.503 e. The quantitative estimate of drug-likeness (QED) is 0.514. The Morgan fingerprint density at radius 3 is 2.53 bits per heavy atom. The maximum absolute atomic E-state index is 9.57. The molecule has 0 atom stereocenters. The number of hydrogen-bond acceptors (Lipinski definition) is 5. The van der Waals surface area contributed by atoms with Crippen LogP contribution in [0.1, 0.15) is 0 Å². The van der Waals surface area contributed by atoms with Gasteiger partial charge in [-0.3, -0.25) is 0 Å². The zero-order chi connectivity index (χ0) is 11.0. The molecule has 2 heterocycles. The lowest BCUT2D eigenvalue weighted by atomic mass is 10.1. The number of rotatable bonds is 1. The van der Waals surface area contributed by atoms with Gasteiger partial charge in [-0.1, -0.05) is 12.2 Å². The van der Waals surface area contributed by atoms with Gasteiger partial charge in [0.25, 0.3) is 0 Å². The molecule has 0 aromatic carbocycles. The summed E-state index contributed by atoms with van der Waals surface area (Å²) in [5.41, 5.74) is 0.553. The van der Waals surface area contributed by atoms with Crippen molar-refractivity contribution < 1.29 is 20.4 Å². The van der Waals surface area contributed by atoms with Crippen LogP contribution in [0.2, 0.25) is 0 Å². The van der Waals surface area contributed by atoms with E-state index in [9.17, 15) is 15.3 Å². The number of nitrogens with zero attached hydrogens (tertiary/aromatic N) is 1. The fourth-order valence-corrected chi connectivity index (χ4v) is 1.63. The van der Waals surface area contributed by atoms with Gasteiger partial charge in [0.15, 0.2) is 11.5 Å². The third-order valence-corrected chi connectivity index (χ3v) is 2.41. The molecule has 5 heteroatoms. The Morgan fingerprint density at radius 2 is 1.87 bits per heavy atom. The van der Waals surface area contributed by atoms with E-state index in [2.05, 4.69) is 0 Å². The van der Waals surface area contributed by atoms with Crippen LogP contribution in [0.3, 0.4) is 0 Å². The van der Waals surface area contributed by atoms with Crippen LogP contribution in [0.4, 0.5) is 0 Å². The van der Waals surface area contributed by atoms with E-state index in [1.54, 1.807) is 12.2 Å². The van der Waals surface area contributed by atoms with Gasteiger partial charge in [0.2, 0.25) is 5.76 Å². The number of allylic oxidation sites excluding steroid dienone is 2. The van der Waals surface area contributed by atoms with E-state index in [0.29, 0.717) is 12.2 Å². The summed E-state index contributed by atoms with van der Waals surface area (Å²) in [4.78, 5) is 1.53. The maximum atomic E-state index is 9.57. The average molecular weight is 209 g/mol. The van der Waals surface area contributed by atoms with Crippen molar-refractivity contribution in [3.8, 4) is 0 Å². The van der Waals surface area contributed by atoms with Gasteiger partial charge >= 0.3 is 0 Å². The molecule has 0 aliphatic carbocycles. The summed E-state index contributed by atoms with van der Waals surface area (Å²) in [5.74, 6) is -1.46. The lowest BCUT2D eigenvalue weighted by Crippen LogP contribution is -2.32. The van der Waals surface area contributed by atoms with E-state index in [-0.39, 0.29) is 11.5 Å². The van der Waals surface area contributed by atoms with E-state index in [0.717, 1.165) is 0 Å². The molecule has 0 saturated heterocycles. The van der Waals surface area contributed by atoms with Crippen molar-refractivity contribution in [2.75, 3.05) is 13.2 Å². The number of aliphatic hydroxyl groups excluding tert-OH is 4. The van der Waals surface area contributed by atoms with Gasteiger partial charge in [0.1, 0.15) is 0 Å². The Hall–Kier alpha value is -1.88. The van der Waals surface area contributed by atoms with Crippen LogP contribution in [0.15, 0.2) is 46.9 Å². The van der Waals surface area contributed by atoms with Crippen LogP contribution in [0.25, 0.3) is 0 Å². The Balaban J connectivity index is 2.57. The first kappa shape index (κ1) is 9.67. The van der Waals surface area contributed by atoms with Gasteiger partial charge in [-0.15, -0.1) is 0 Å². The number of aliphatic hydroxyl groups is 4. The van der Waals surface area contributed by atoms with E-state index in [1.807, 2.05) is 6.08 Å². The van der Waals surface area contributed by atoms with Gasteiger partial charge in [0, 0.05) is 6.54 Å². The fraction of sp³-hybridized carbons (Fsp3) is 0.200. The van der Waals surface area contributed by atoms with E-state index >= 15 is 0 Å². The van der Waals surface area contributed by atoms with Crippen molar-refractivity contribution in [3.05, 3.63) is 46.9 Å². The minimum absolute atomic E-state index is 0.181. The van der Waals surface area contributed by atoms with Crippen molar-refractivity contribution >= 4 is 0 Å². The smallest absolute Gasteiger partial charge is 0.204 e. The first-order valence-corrected chi connectivity index (χ1v) is 4.47. The molecule has 4 N–H and O–H groups in total. The molecule has 0 aromatic rings. The lowest BCUT2D eigenvalue weighted by Gasteiger charge is -2.33. The lowest BCUT2D eigenvalue weighted by molar-refractivity contribution is 0.212. The third-order valence-electron chi connectivity index (χ3n) is 2.41. The fourth-order valence-electron chi connectivity index (χ4n) is 1.63. The number of fused-ring (bicyclic) bond motifs is 1. The molecule has 0 amide bonds. The Kier molecular flexibility index (Phi) is 2.17. The van der Waals surface area contributed by atoms with E-state index in [1.165, 1.54) is 4.90 Å². The minimum atomic E-state index is -0.600. The van der Waals surface area contributed by atoms with Crippen LogP contribution in [-0.2, 0) is 0 Å². The molecule has 0 bridgehead atoms. The highest BCUT2D eigenvalue weighted by Gasteiger charge is 2.30. The first-order valence-electron chi connectivity index (χ1n) is 4.47. The van der Waals surface area contributed by atoms with Crippen LogP contribution >= 0.6 is 0 Å². The summed E-state index contributed by atoms with van der Waals surface area (Å²) in [6, 6.07) is 0. The van der Waals surface area contributed by atoms with Crippen molar-refractivity contribution in [2.45, 2.75) is 0 Å². The summed E-state index contributed by atoms with van der Waals surface area (Å²) in [6.07, 6.45) is 5.13. The monoisotopic (exact) mass is 209 g/mol. The van der Waals surface area contributed by atoms with Gasteiger partial charge in [-0.25, -0.2) is 0 Å². The second-order valence-corrected chi connectivity index (χ2v) is 3.24. The molecule has 0 fully saturated rings. The highest BCUT2D eigenvalue weighted by molar-refractivity contribution is 5.45. The van der Waals surface area contributed by atoms with Crippen molar-refractivity contribution in [1.82, 2.24) is 4.90 Å². The molecule has 2 aliphatic heterocycles. The van der Waals surface area contributed by atoms with Crippen molar-refractivity contribution in [3.63, 3.8) is 0 Å². The summed E-state index contributed by atoms with van der Waals surface area (Å²) >= 11 is 0. The van der Waals surface area contributed by atoms with Gasteiger partial charge < -0.3 is 25.3 Å². The Bertz CT molecular complexity index is 417. The van der Waals surface area contributed by atoms with E-state index in [4.69, 9.17) is 5.11 Å². The molecule has 0 spiro atoms. The summed E-state index contributed by atoms with van der Waals surface area (Å²) < 4.78 is 0. The molecule has 2 aliphatic rings. The predicted octanol–water partition coefficient (Wildman–Crippen LogP) is 0.845. The Morgan fingerprint density at radius 1 is 1.13 bits per heavy atom. The van der Waals surface area contributed by atoms with Crippen molar-refractivity contribution in [1.29, 1.82) is 0 Å². The zero-order valence-corrected chi connectivity index (χ0v) is 7.88. The predicted molar refractivity (Wildman–Crippen MR) is 53.0 cm³/mol.